The van der Waals surface area contributed by atoms with Crippen LogP contribution in [0.15, 0.2) is 51.7 Å². The summed E-state index contributed by atoms with van der Waals surface area (Å²) in [5.74, 6) is -1.75. The Morgan fingerprint density at radius 3 is 2.75 bits per heavy atom. The van der Waals surface area contributed by atoms with E-state index in [-0.39, 0.29) is 28.5 Å². The molecule has 0 fully saturated rings. The van der Waals surface area contributed by atoms with Gasteiger partial charge in [0.15, 0.2) is 0 Å². The molecule has 7 heteroatoms. The average molecular weight is 349 g/mol. The Hall–Kier alpha value is -2.86. The summed E-state index contributed by atoms with van der Waals surface area (Å²) < 4.78 is 23.7. The first kappa shape index (κ1) is 16.0. The largest absolute Gasteiger partial charge is 0.508 e. The zero-order valence-corrected chi connectivity index (χ0v) is 12.8. The molecule has 0 amide bonds. The molecule has 3 aromatic rings. The topological polar surface area (TPSA) is 76.7 Å². The van der Waals surface area contributed by atoms with Gasteiger partial charge in [0.25, 0.3) is 0 Å². The van der Waals surface area contributed by atoms with Gasteiger partial charge >= 0.3 is 11.6 Å². The highest BCUT2D eigenvalue weighted by molar-refractivity contribution is 6.30. The van der Waals surface area contributed by atoms with E-state index in [0.717, 1.165) is 6.07 Å². The number of rotatable bonds is 3. The number of ether oxygens (including phenoxy) is 1. The highest BCUT2D eigenvalue weighted by Gasteiger charge is 2.15. The van der Waals surface area contributed by atoms with Crippen LogP contribution in [0.2, 0.25) is 5.02 Å². The fraction of sp³-hybridized carbons (Fsp3) is 0.0588. The second kappa shape index (κ2) is 6.33. The van der Waals surface area contributed by atoms with Crippen LogP contribution in [0.25, 0.3) is 11.0 Å². The summed E-state index contributed by atoms with van der Waals surface area (Å²) in [7, 11) is 0. The zero-order chi connectivity index (χ0) is 17.3. The van der Waals surface area contributed by atoms with E-state index < -0.39 is 17.4 Å². The number of hydrogen-bond donors (Lipinski definition) is 1. The van der Waals surface area contributed by atoms with E-state index in [1.54, 1.807) is 0 Å². The molecule has 0 saturated heterocycles. The SMILES string of the molecule is O=C(OCc1cc(=O)oc2cc(O)ccc12)c1ccc(Cl)cc1F. The smallest absolute Gasteiger partial charge is 0.341 e. The van der Waals surface area contributed by atoms with Crippen molar-refractivity contribution in [3.8, 4) is 5.75 Å². The molecule has 0 aliphatic heterocycles. The molecule has 0 bridgehead atoms. The lowest BCUT2D eigenvalue weighted by molar-refractivity contribution is 0.0468. The third-order valence-electron chi connectivity index (χ3n) is 3.32. The maximum Gasteiger partial charge on any atom is 0.341 e. The quantitative estimate of drug-likeness (QED) is 0.577. The second-order valence-electron chi connectivity index (χ2n) is 4.97. The van der Waals surface area contributed by atoms with Gasteiger partial charge in [0.05, 0.1) is 5.56 Å². The standard InChI is InChI=1S/C17H10ClFO5/c18-10-1-3-13(14(19)6-10)17(22)23-8-9-5-16(21)24-15-7-11(20)2-4-12(9)15/h1-7,20H,8H2. The van der Waals surface area contributed by atoms with E-state index in [0.29, 0.717) is 10.9 Å². The summed E-state index contributed by atoms with van der Waals surface area (Å²) in [6.45, 7) is -0.256. The molecule has 1 heterocycles. The summed E-state index contributed by atoms with van der Waals surface area (Å²) in [5.41, 5.74) is -0.378. The minimum absolute atomic E-state index is 0.0666. The first-order valence-corrected chi connectivity index (χ1v) is 7.20. The molecule has 0 aliphatic carbocycles. The van der Waals surface area contributed by atoms with Crippen LogP contribution in [-0.2, 0) is 11.3 Å². The number of phenols is 1. The number of esters is 1. The molecule has 1 aromatic heterocycles. The number of fused-ring (bicyclic) bond motifs is 1. The minimum Gasteiger partial charge on any atom is -0.508 e. The Bertz CT molecular complexity index is 996. The summed E-state index contributed by atoms with van der Waals surface area (Å²) in [5, 5.41) is 10.1. The van der Waals surface area contributed by atoms with Crippen LogP contribution in [0, 0.1) is 5.82 Å². The van der Waals surface area contributed by atoms with Gasteiger partial charge < -0.3 is 14.3 Å². The average Bonchev–Trinajstić information content (AvgIpc) is 2.51. The maximum atomic E-state index is 13.7. The highest BCUT2D eigenvalue weighted by atomic mass is 35.5. The van der Waals surface area contributed by atoms with Crippen molar-refractivity contribution in [1.29, 1.82) is 0 Å². The van der Waals surface area contributed by atoms with Gasteiger partial charge in [-0.2, -0.15) is 0 Å². The van der Waals surface area contributed by atoms with E-state index in [1.165, 1.54) is 36.4 Å². The summed E-state index contributed by atoms with van der Waals surface area (Å²) in [6.07, 6.45) is 0. The number of halogens is 2. The molecule has 0 spiro atoms. The Morgan fingerprint density at radius 2 is 2.00 bits per heavy atom. The summed E-state index contributed by atoms with van der Waals surface area (Å²) in [6, 6.07) is 8.98. The van der Waals surface area contributed by atoms with Crippen molar-refractivity contribution in [2.75, 3.05) is 0 Å². The lowest BCUT2D eigenvalue weighted by atomic mass is 10.1. The Kier molecular flexibility index (Phi) is 4.22. The molecule has 0 unspecified atom stereocenters. The number of phenolic OH excluding ortho intramolecular Hbond substituents is 1. The molecule has 5 nitrogen and oxygen atoms in total. The number of carbonyl (C=O) groups is 1. The van der Waals surface area contributed by atoms with Crippen molar-refractivity contribution in [1.82, 2.24) is 0 Å². The van der Waals surface area contributed by atoms with Crippen molar-refractivity contribution in [2.24, 2.45) is 0 Å². The van der Waals surface area contributed by atoms with Gasteiger partial charge in [0, 0.05) is 28.1 Å². The summed E-state index contributed by atoms with van der Waals surface area (Å²) in [4.78, 5) is 23.5. The fourth-order valence-electron chi connectivity index (χ4n) is 2.21. The monoisotopic (exact) mass is 348 g/mol. The third-order valence-corrected chi connectivity index (χ3v) is 3.56. The number of hydrogen-bond acceptors (Lipinski definition) is 5. The fourth-order valence-corrected chi connectivity index (χ4v) is 2.37. The van der Waals surface area contributed by atoms with Crippen molar-refractivity contribution in [2.45, 2.75) is 6.61 Å². The van der Waals surface area contributed by atoms with E-state index in [9.17, 15) is 19.1 Å². The minimum atomic E-state index is -0.885. The van der Waals surface area contributed by atoms with Gasteiger partial charge in [-0.3, -0.25) is 0 Å². The Labute approximate surface area is 139 Å². The second-order valence-corrected chi connectivity index (χ2v) is 5.41. The highest BCUT2D eigenvalue weighted by Crippen LogP contribution is 2.23. The predicted molar refractivity (Wildman–Crippen MR) is 84.7 cm³/mol. The van der Waals surface area contributed by atoms with Crippen LogP contribution >= 0.6 is 11.6 Å². The van der Waals surface area contributed by atoms with Crippen LogP contribution < -0.4 is 5.63 Å². The number of benzene rings is 2. The third kappa shape index (κ3) is 3.23. The molecule has 24 heavy (non-hydrogen) atoms. The first-order chi connectivity index (χ1) is 11.4. The molecule has 0 atom stereocenters. The van der Waals surface area contributed by atoms with Crippen LogP contribution in [0.4, 0.5) is 4.39 Å². The Balaban J connectivity index is 1.88. The molecule has 1 N–H and O–H groups in total. The van der Waals surface area contributed by atoms with Gasteiger partial charge in [0.2, 0.25) is 0 Å². The van der Waals surface area contributed by atoms with Crippen LogP contribution in [0.3, 0.4) is 0 Å². The van der Waals surface area contributed by atoms with Crippen molar-refractivity contribution in [3.63, 3.8) is 0 Å². The van der Waals surface area contributed by atoms with E-state index in [1.807, 2.05) is 0 Å². The normalized spacial score (nSPS) is 10.8. The molecule has 0 saturated carbocycles. The number of aromatic hydroxyl groups is 1. The van der Waals surface area contributed by atoms with E-state index in [2.05, 4.69) is 0 Å². The van der Waals surface area contributed by atoms with Gasteiger partial charge in [-0.05, 0) is 30.3 Å². The molecular formula is C17H10ClFO5. The lowest BCUT2D eigenvalue weighted by Gasteiger charge is -2.08. The van der Waals surface area contributed by atoms with Crippen LogP contribution in [-0.4, -0.2) is 11.1 Å². The predicted octanol–water partition coefficient (Wildman–Crippen LogP) is 3.65. The van der Waals surface area contributed by atoms with E-state index in [4.69, 9.17) is 20.8 Å². The first-order valence-electron chi connectivity index (χ1n) is 6.82. The molecular weight excluding hydrogens is 339 g/mol. The Morgan fingerprint density at radius 1 is 1.21 bits per heavy atom. The van der Waals surface area contributed by atoms with Crippen molar-refractivity contribution < 1.29 is 23.4 Å². The molecule has 0 aliphatic rings. The van der Waals surface area contributed by atoms with Crippen LogP contribution in [0.1, 0.15) is 15.9 Å². The molecule has 122 valence electrons. The maximum absolute atomic E-state index is 13.7. The zero-order valence-electron chi connectivity index (χ0n) is 12.1. The lowest BCUT2D eigenvalue weighted by Crippen LogP contribution is -2.09. The van der Waals surface area contributed by atoms with Crippen molar-refractivity contribution >= 4 is 28.5 Å². The molecule has 0 radical (unpaired) electrons. The van der Waals surface area contributed by atoms with Gasteiger partial charge in [-0.1, -0.05) is 11.6 Å². The van der Waals surface area contributed by atoms with Crippen molar-refractivity contribution in [3.05, 3.63) is 74.9 Å². The van der Waals surface area contributed by atoms with E-state index >= 15 is 0 Å². The number of carbonyl (C=O) groups excluding carboxylic acids is 1. The van der Waals surface area contributed by atoms with Gasteiger partial charge in [-0.15, -0.1) is 0 Å². The van der Waals surface area contributed by atoms with Gasteiger partial charge in [0.1, 0.15) is 23.8 Å². The molecule has 3 rings (SSSR count). The van der Waals surface area contributed by atoms with Gasteiger partial charge in [-0.25, -0.2) is 14.0 Å². The summed E-state index contributed by atoms with van der Waals surface area (Å²) >= 11 is 5.63. The van der Waals surface area contributed by atoms with Crippen LogP contribution in [0.5, 0.6) is 5.75 Å². The molecule has 2 aromatic carbocycles.